The van der Waals surface area contributed by atoms with Crippen molar-refractivity contribution in [2.45, 2.75) is 25.6 Å². The molecule has 1 aliphatic heterocycles. The molecule has 3 aromatic rings. The van der Waals surface area contributed by atoms with E-state index in [1.807, 2.05) is 0 Å². The van der Waals surface area contributed by atoms with Gasteiger partial charge in [-0.25, -0.2) is 0 Å². The first kappa shape index (κ1) is 17.9. The molecule has 0 saturated heterocycles. The van der Waals surface area contributed by atoms with E-state index >= 15 is 0 Å². The number of aryl methyl sites for hydroxylation is 1. The lowest BCUT2D eigenvalue weighted by Gasteiger charge is -2.32. The van der Waals surface area contributed by atoms with Crippen molar-refractivity contribution >= 4 is 10.8 Å². The summed E-state index contributed by atoms with van der Waals surface area (Å²) in [6.45, 7) is 1.57. The third-order valence-corrected chi connectivity index (χ3v) is 5.11. The minimum absolute atomic E-state index is 0.0555. The van der Waals surface area contributed by atoms with E-state index in [0.717, 1.165) is 6.07 Å². The first-order valence-corrected chi connectivity index (χ1v) is 8.66. The molecule has 0 unspecified atom stereocenters. The molecule has 144 valence electrons. The summed E-state index contributed by atoms with van der Waals surface area (Å²) in [6, 6.07) is 8.20. The Hall–Kier alpha value is -3.45. The van der Waals surface area contributed by atoms with Crippen LogP contribution in [0.1, 0.15) is 22.8 Å². The second-order valence-electron chi connectivity index (χ2n) is 6.89. The van der Waals surface area contributed by atoms with E-state index in [1.165, 1.54) is 24.3 Å². The van der Waals surface area contributed by atoms with Crippen molar-refractivity contribution in [3.63, 3.8) is 0 Å². The van der Waals surface area contributed by atoms with E-state index in [-0.39, 0.29) is 34.8 Å². The Morgan fingerprint density at radius 2 is 1.79 bits per heavy atom. The molecule has 0 aromatic heterocycles. The molecule has 3 aromatic carbocycles. The van der Waals surface area contributed by atoms with Crippen molar-refractivity contribution in [1.29, 1.82) is 0 Å². The van der Waals surface area contributed by atoms with Gasteiger partial charge < -0.3 is 30.3 Å². The van der Waals surface area contributed by atoms with Gasteiger partial charge in [0.15, 0.2) is 11.9 Å². The van der Waals surface area contributed by atoms with Crippen LogP contribution in [0.3, 0.4) is 0 Å². The quantitative estimate of drug-likeness (QED) is 0.437. The highest BCUT2D eigenvalue weighted by Gasteiger charge is 2.34. The fourth-order valence-corrected chi connectivity index (χ4v) is 3.69. The molecule has 1 heterocycles. The fourth-order valence-electron chi connectivity index (χ4n) is 3.69. The van der Waals surface area contributed by atoms with Crippen molar-refractivity contribution < 1.29 is 30.3 Å². The zero-order chi connectivity index (χ0) is 20.2. The van der Waals surface area contributed by atoms with E-state index in [0.29, 0.717) is 22.1 Å². The van der Waals surface area contributed by atoms with Crippen molar-refractivity contribution in [3.8, 4) is 28.7 Å². The summed E-state index contributed by atoms with van der Waals surface area (Å²) in [4.78, 5) is 12.0. The predicted octanol–water partition coefficient (Wildman–Crippen LogP) is 2.37. The molecule has 5 N–H and O–H groups in total. The minimum atomic E-state index is -1.08. The number of phenolic OH excluding ortho intramolecular Hbond substituents is 3. The Labute approximate surface area is 159 Å². The van der Waals surface area contributed by atoms with Crippen LogP contribution in [0.25, 0.3) is 10.8 Å². The normalized spacial score (nSPS) is 18.5. The van der Waals surface area contributed by atoms with Crippen molar-refractivity contribution in [2.75, 3.05) is 0 Å². The number of phenols is 3. The number of hydrogen-bond donors (Lipinski definition) is 5. The lowest BCUT2D eigenvalue weighted by atomic mass is 9.90. The summed E-state index contributed by atoms with van der Waals surface area (Å²) in [5, 5.41) is 51.7. The van der Waals surface area contributed by atoms with Crippen molar-refractivity contribution in [2.24, 2.45) is 0 Å². The first-order chi connectivity index (χ1) is 13.3. The van der Waals surface area contributed by atoms with Gasteiger partial charge in [-0.2, -0.15) is 0 Å². The Balaban J connectivity index is 1.97. The number of aromatic hydroxyl groups is 4. The molecule has 1 aliphatic rings. The van der Waals surface area contributed by atoms with Crippen LogP contribution in [0.2, 0.25) is 0 Å². The average Bonchev–Trinajstić information content (AvgIpc) is 2.78. The zero-order valence-electron chi connectivity index (χ0n) is 14.9. The van der Waals surface area contributed by atoms with Gasteiger partial charge in [0.2, 0.25) is 5.43 Å². The zero-order valence-corrected chi connectivity index (χ0v) is 14.9. The van der Waals surface area contributed by atoms with Gasteiger partial charge in [-0.1, -0.05) is 12.1 Å². The SMILES string of the molecule is Cc1c(O)cc([C@H]2Oc3cc(O)cc(O)c3C[C@H]2O)c2cccc(=O)c(O)c12. The van der Waals surface area contributed by atoms with E-state index in [9.17, 15) is 30.3 Å². The van der Waals surface area contributed by atoms with Gasteiger partial charge in [-0.15, -0.1) is 0 Å². The lowest BCUT2D eigenvalue weighted by molar-refractivity contribution is 0.0205. The highest BCUT2D eigenvalue weighted by atomic mass is 16.5. The van der Waals surface area contributed by atoms with Gasteiger partial charge in [-0.3, -0.25) is 4.79 Å². The molecule has 0 radical (unpaired) electrons. The summed E-state index contributed by atoms with van der Waals surface area (Å²) in [5.74, 6) is -0.846. The Morgan fingerprint density at radius 1 is 1.04 bits per heavy atom. The highest BCUT2D eigenvalue weighted by molar-refractivity contribution is 5.94. The molecular formula is C21H18O7. The van der Waals surface area contributed by atoms with E-state index in [1.54, 1.807) is 13.0 Å². The number of rotatable bonds is 1. The monoisotopic (exact) mass is 382 g/mol. The predicted molar refractivity (Wildman–Crippen MR) is 101 cm³/mol. The van der Waals surface area contributed by atoms with Gasteiger partial charge >= 0.3 is 0 Å². The molecule has 0 fully saturated rings. The van der Waals surface area contributed by atoms with Gasteiger partial charge in [0, 0.05) is 40.6 Å². The summed E-state index contributed by atoms with van der Waals surface area (Å²) < 4.78 is 5.85. The van der Waals surface area contributed by atoms with Gasteiger partial charge in [-0.05, 0) is 24.4 Å². The number of ether oxygens (including phenoxy) is 1. The third kappa shape index (κ3) is 2.68. The van der Waals surface area contributed by atoms with Crippen molar-refractivity contribution in [3.05, 3.63) is 63.3 Å². The van der Waals surface area contributed by atoms with Crippen LogP contribution >= 0.6 is 0 Å². The molecule has 4 rings (SSSR count). The van der Waals surface area contributed by atoms with Crippen LogP contribution in [0.5, 0.6) is 28.7 Å². The Kier molecular flexibility index (Phi) is 4.05. The van der Waals surface area contributed by atoms with Crippen LogP contribution < -0.4 is 10.2 Å². The average molecular weight is 382 g/mol. The molecule has 0 saturated carbocycles. The largest absolute Gasteiger partial charge is 0.508 e. The maximum absolute atomic E-state index is 12.0. The molecule has 28 heavy (non-hydrogen) atoms. The summed E-state index contributed by atoms with van der Waals surface area (Å²) in [7, 11) is 0. The van der Waals surface area contributed by atoms with E-state index in [4.69, 9.17) is 4.74 Å². The molecule has 0 spiro atoms. The minimum Gasteiger partial charge on any atom is -0.508 e. The maximum Gasteiger partial charge on any atom is 0.220 e. The van der Waals surface area contributed by atoms with Crippen LogP contribution in [0, 0.1) is 6.92 Å². The number of benzene rings is 2. The number of fused-ring (bicyclic) bond motifs is 2. The third-order valence-electron chi connectivity index (χ3n) is 5.11. The van der Waals surface area contributed by atoms with Crippen LogP contribution in [0.15, 0.2) is 41.2 Å². The number of aliphatic hydroxyl groups excluding tert-OH is 1. The molecule has 7 nitrogen and oxygen atoms in total. The van der Waals surface area contributed by atoms with E-state index < -0.39 is 23.4 Å². The van der Waals surface area contributed by atoms with Gasteiger partial charge in [0.25, 0.3) is 0 Å². The maximum atomic E-state index is 12.0. The van der Waals surface area contributed by atoms with Crippen molar-refractivity contribution in [1.82, 2.24) is 0 Å². The smallest absolute Gasteiger partial charge is 0.220 e. The van der Waals surface area contributed by atoms with Crippen LogP contribution in [-0.4, -0.2) is 31.6 Å². The molecular weight excluding hydrogens is 364 g/mol. The van der Waals surface area contributed by atoms with Crippen LogP contribution in [0.4, 0.5) is 0 Å². The molecule has 0 aliphatic carbocycles. The summed E-state index contributed by atoms with van der Waals surface area (Å²) in [6.07, 6.45) is -1.98. The highest BCUT2D eigenvalue weighted by Crippen LogP contribution is 2.44. The second kappa shape index (κ2) is 6.31. The van der Waals surface area contributed by atoms with E-state index in [2.05, 4.69) is 0 Å². The Bertz CT molecular complexity index is 1170. The standard InChI is InChI=1S/C21H18O7/c1-9-15(24)7-12(11-3-2-4-14(23)20(27)19(9)11)21-17(26)8-13-16(25)5-10(22)6-18(13)28-21/h2-7,17,21-22,24-26H,8H2,1H3,(H,23,27)/t17-,21-/m1/s1. The molecule has 7 heteroatoms. The lowest BCUT2D eigenvalue weighted by Crippen LogP contribution is -2.30. The fraction of sp³-hybridized carbons (Fsp3) is 0.190. The second-order valence-corrected chi connectivity index (χ2v) is 6.89. The molecule has 0 bridgehead atoms. The van der Waals surface area contributed by atoms with Crippen LogP contribution in [-0.2, 0) is 6.42 Å². The summed E-state index contributed by atoms with van der Waals surface area (Å²) >= 11 is 0. The number of hydrogen-bond acceptors (Lipinski definition) is 7. The van der Waals surface area contributed by atoms with Gasteiger partial charge in [0.1, 0.15) is 23.0 Å². The summed E-state index contributed by atoms with van der Waals surface area (Å²) in [5.41, 5.74) is 0.452. The molecule has 2 atom stereocenters. The molecule has 0 amide bonds. The topological polar surface area (TPSA) is 127 Å². The number of aliphatic hydroxyl groups is 1. The first-order valence-electron chi connectivity index (χ1n) is 8.66. The van der Waals surface area contributed by atoms with Gasteiger partial charge in [0.05, 0.1) is 6.10 Å². The Morgan fingerprint density at radius 3 is 2.54 bits per heavy atom.